The summed E-state index contributed by atoms with van der Waals surface area (Å²) in [4.78, 5) is 13.4. The number of aryl methyl sites for hydroxylation is 1. The highest BCUT2D eigenvalue weighted by Crippen LogP contribution is 2.11. The molecule has 1 unspecified atom stereocenters. The summed E-state index contributed by atoms with van der Waals surface area (Å²) in [5, 5.41) is 13.4. The molecule has 0 saturated carbocycles. The number of carbonyl (C=O) groups excluding carboxylic acids is 1. The number of nitrogen functional groups attached to an aromatic ring is 1. The van der Waals surface area contributed by atoms with Crippen molar-refractivity contribution in [3.63, 3.8) is 0 Å². The molecule has 0 aliphatic rings. The Morgan fingerprint density at radius 1 is 1.76 bits per heavy atom. The Morgan fingerprint density at radius 3 is 2.88 bits per heavy atom. The fraction of sp³-hybridized carbons (Fsp3) is 0.600. The Hall–Kier alpha value is -1.60. The van der Waals surface area contributed by atoms with Crippen molar-refractivity contribution in [2.75, 3.05) is 33.0 Å². The van der Waals surface area contributed by atoms with E-state index in [2.05, 4.69) is 5.10 Å². The average Bonchev–Trinajstić information content (AvgIpc) is 2.58. The Kier molecular flexibility index (Phi) is 4.47. The van der Waals surface area contributed by atoms with Gasteiger partial charge in [0, 0.05) is 27.7 Å². The lowest BCUT2D eigenvalue weighted by atomic mass is 10.3. The SMILES string of the molecule is COCC(O)CN(C)C(=O)c1c(N)cnn1C. The van der Waals surface area contributed by atoms with Crippen LogP contribution in [0.3, 0.4) is 0 Å². The van der Waals surface area contributed by atoms with E-state index in [-0.39, 0.29) is 19.1 Å². The lowest BCUT2D eigenvalue weighted by molar-refractivity contribution is 0.0376. The molecule has 17 heavy (non-hydrogen) atoms. The second kappa shape index (κ2) is 5.65. The Labute approximate surface area is 99.8 Å². The third kappa shape index (κ3) is 3.18. The van der Waals surface area contributed by atoms with Gasteiger partial charge >= 0.3 is 0 Å². The monoisotopic (exact) mass is 242 g/mol. The van der Waals surface area contributed by atoms with Crippen molar-refractivity contribution in [2.24, 2.45) is 7.05 Å². The molecule has 0 bridgehead atoms. The number of aromatic nitrogens is 2. The van der Waals surface area contributed by atoms with Gasteiger partial charge < -0.3 is 20.5 Å². The van der Waals surface area contributed by atoms with E-state index in [0.717, 1.165) is 0 Å². The number of amides is 1. The van der Waals surface area contributed by atoms with Gasteiger partial charge in [0.2, 0.25) is 0 Å². The molecule has 0 saturated heterocycles. The molecular formula is C10H18N4O3. The van der Waals surface area contributed by atoms with E-state index in [9.17, 15) is 9.90 Å². The minimum atomic E-state index is -0.719. The van der Waals surface area contributed by atoms with Crippen molar-refractivity contribution in [2.45, 2.75) is 6.10 Å². The maximum atomic E-state index is 12.0. The average molecular weight is 242 g/mol. The molecule has 0 aliphatic carbocycles. The van der Waals surface area contributed by atoms with Gasteiger partial charge in [0.05, 0.1) is 24.6 Å². The largest absolute Gasteiger partial charge is 0.396 e. The second-order valence-electron chi connectivity index (χ2n) is 3.87. The third-order valence-corrected chi connectivity index (χ3v) is 2.36. The molecule has 7 nitrogen and oxygen atoms in total. The maximum absolute atomic E-state index is 12.0. The van der Waals surface area contributed by atoms with Crippen LogP contribution in [0.5, 0.6) is 0 Å². The van der Waals surface area contributed by atoms with Crippen molar-refractivity contribution < 1.29 is 14.6 Å². The van der Waals surface area contributed by atoms with Crippen LogP contribution in [0.25, 0.3) is 0 Å². The quantitative estimate of drug-likeness (QED) is 0.696. The molecule has 1 heterocycles. The summed E-state index contributed by atoms with van der Waals surface area (Å²) >= 11 is 0. The topological polar surface area (TPSA) is 93.6 Å². The minimum absolute atomic E-state index is 0.178. The first-order valence-corrected chi connectivity index (χ1v) is 5.17. The molecule has 1 aromatic rings. The summed E-state index contributed by atoms with van der Waals surface area (Å²) in [6.07, 6.45) is 0.704. The molecule has 1 atom stereocenters. The number of nitrogens with zero attached hydrogens (tertiary/aromatic N) is 3. The third-order valence-electron chi connectivity index (χ3n) is 2.36. The Morgan fingerprint density at radius 2 is 2.41 bits per heavy atom. The molecule has 1 amide bonds. The second-order valence-corrected chi connectivity index (χ2v) is 3.87. The van der Waals surface area contributed by atoms with Crippen LogP contribution in [0.4, 0.5) is 5.69 Å². The maximum Gasteiger partial charge on any atom is 0.274 e. The summed E-state index contributed by atoms with van der Waals surface area (Å²) in [6, 6.07) is 0. The van der Waals surface area contributed by atoms with E-state index in [1.807, 2.05) is 0 Å². The number of rotatable bonds is 5. The number of ether oxygens (including phenoxy) is 1. The number of carbonyl (C=O) groups is 1. The predicted octanol–water partition coefficient (Wildman–Crippen LogP) is -0.918. The zero-order valence-corrected chi connectivity index (χ0v) is 10.3. The van der Waals surface area contributed by atoms with Crippen molar-refractivity contribution >= 4 is 11.6 Å². The molecule has 0 fully saturated rings. The lowest BCUT2D eigenvalue weighted by Gasteiger charge is -2.20. The first-order chi connectivity index (χ1) is 7.97. The summed E-state index contributed by atoms with van der Waals surface area (Å²) in [7, 11) is 4.72. The predicted molar refractivity (Wildman–Crippen MR) is 62.5 cm³/mol. The molecule has 0 radical (unpaired) electrons. The number of aliphatic hydroxyl groups excluding tert-OH is 1. The fourth-order valence-corrected chi connectivity index (χ4v) is 1.54. The van der Waals surface area contributed by atoms with Gasteiger partial charge in [0.1, 0.15) is 5.69 Å². The summed E-state index contributed by atoms with van der Waals surface area (Å²) in [5.41, 5.74) is 6.29. The number of likely N-dealkylation sites (N-methyl/N-ethyl adjacent to an activating group) is 1. The van der Waals surface area contributed by atoms with Crippen LogP contribution in [0.1, 0.15) is 10.5 Å². The molecule has 1 rings (SSSR count). The number of aliphatic hydroxyl groups is 1. The van der Waals surface area contributed by atoms with Gasteiger partial charge in [-0.3, -0.25) is 9.48 Å². The Balaban J connectivity index is 2.70. The number of hydrogen-bond donors (Lipinski definition) is 2. The normalized spacial score (nSPS) is 12.5. The Bertz CT molecular complexity index is 371. The zero-order chi connectivity index (χ0) is 13.0. The molecular weight excluding hydrogens is 224 g/mol. The van der Waals surface area contributed by atoms with Gasteiger partial charge in [-0.25, -0.2) is 0 Å². The van der Waals surface area contributed by atoms with Crippen molar-refractivity contribution in [3.8, 4) is 0 Å². The highest BCUT2D eigenvalue weighted by molar-refractivity contribution is 5.97. The van der Waals surface area contributed by atoms with Gasteiger partial charge in [-0.15, -0.1) is 0 Å². The van der Waals surface area contributed by atoms with Crippen LogP contribution >= 0.6 is 0 Å². The van der Waals surface area contributed by atoms with Crippen LogP contribution in [0, 0.1) is 0 Å². The fourth-order valence-electron chi connectivity index (χ4n) is 1.54. The van der Waals surface area contributed by atoms with Crippen LogP contribution < -0.4 is 5.73 Å². The first-order valence-electron chi connectivity index (χ1n) is 5.17. The van der Waals surface area contributed by atoms with Gasteiger partial charge in [-0.05, 0) is 0 Å². The van der Waals surface area contributed by atoms with Gasteiger partial charge in [-0.1, -0.05) is 0 Å². The molecule has 0 spiro atoms. The van der Waals surface area contributed by atoms with E-state index in [0.29, 0.717) is 11.4 Å². The molecule has 1 aromatic heterocycles. The van der Waals surface area contributed by atoms with E-state index < -0.39 is 6.10 Å². The summed E-state index contributed by atoms with van der Waals surface area (Å²) in [6.45, 7) is 0.357. The van der Waals surface area contributed by atoms with Crippen molar-refractivity contribution in [1.82, 2.24) is 14.7 Å². The van der Waals surface area contributed by atoms with Gasteiger partial charge in [-0.2, -0.15) is 5.10 Å². The molecule has 0 aromatic carbocycles. The smallest absolute Gasteiger partial charge is 0.274 e. The van der Waals surface area contributed by atoms with E-state index >= 15 is 0 Å². The minimum Gasteiger partial charge on any atom is -0.396 e. The van der Waals surface area contributed by atoms with Gasteiger partial charge in [0.15, 0.2) is 0 Å². The highest BCUT2D eigenvalue weighted by Gasteiger charge is 2.20. The lowest BCUT2D eigenvalue weighted by Crippen LogP contribution is -2.37. The zero-order valence-electron chi connectivity index (χ0n) is 10.3. The summed E-state index contributed by atoms with van der Waals surface area (Å²) in [5.74, 6) is -0.280. The van der Waals surface area contributed by atoms with E-state index in [1.54, 1.807) is 14.1 Å². The number of nitrogens with two attached hydrogens (primary N) is 1. The van der Waals surface area contributed by atoms with Crippen LogP contribution in [-0.4, -0.2) is 59.1 Å². The molecule has 7 heteroatoms. The molecule has 0 aliphatic heterocycles. The first kappa shape index (κ1) is 13.5. The van der Waals surface area contributed by atoms with Crippen LogP contribution in [0.15, 0.2) is 6.20 Å². The summed E-state index contributed by atoms with van der Waals surface area (Å²) < 4.78 is 6.21. The van der Waals surface area contributed by atoms with Crippen LogP contribution in [0.2, 0.25) is 0 Å². The van der Waals surface area contributed by atoms with E-state index in [4.69, 9.17) is 10.5 Å². The number of methoxy groups -OCH3 is 1. The highest BCUT2D eigenvalue weighted by atomic mass is 16.5. The van der Waals surface area contributed by atoms with E-state index in [1.165, 1.54) is 22.9 Å². The molecule has 96 valence electrons. The number of anilines is 1. The molecule has 3 N–H and O–H groups in total. The van der Waals surface area contributed by atoms with Crippen molar-refractivity contribution in [1.29, 1.82) is 0 Å². The standard InChI is InChI=1S/C10H18N4O3/c1-13(5-7(15)6-17-3)10(16)9-8(11)4-12-14(9)2/h4,7,15H,5-6,11H2,1-3H3. The van der Waals surface area contributed by atoms with Crippen LogP contribution in [-0.2, 0) is 11.8 Å². The number of hydrogen-bond acceptors (Lipinski definition) is 5. The van der Waals surface area contributed by atoms with Gasteiger partial charge in [0.25, 0.3) is 5.91 Å². The van der Waals surface area contributed by atoms with Crippen molar-refractivity contribution in [3.05, 3.63) is 11.9 Å².